The summed E-state index contributed by atoms with van der Waals surface area (Å²) in [5.41, 5.74) is 1.85. The summed E-state index contributed by atoms with van der Waals surface area (Å²) < 4.78 is 14.8. The van der Waals surface area contributed by atoms with Crippen molar-refractivity contribution in [2.24, 2.45) is 0 Å². The van der Waals surface area contributed by atoms with Crippen molar-refractivity contribution in [1.29, 1.82) is 0 Å². The van der Waals surface area contributed by atoms with Gasteiger partial charge in [0.2, 0.25) is 0 Å². The Labute approximate surface area is 184 Å². The first-order valence-electron chi connectivity index (χ1n) is 11.1. The van der Waals surface area contributed by atoms with Crippen molar-refractivity contribution in [2.75, 3.05) is 13.2 Å². The number of benzene rings is 1. The van der Waals surface area contributed by atoms with Gasteiger partial charge in [-0.1, -0.05) is 19.4 Å². The number of hydrogen-bond acceptors (Lipinski definition) is 5. The number of nitrogens with zero attached hydrogens (tertiary/aromatic N) is 3. The van der Waals surface area contributed by atoms with Gasteiger partial charge in [-0.05, 0) is 42.3 Å². The van der Waals surface area contributed by atoms with Crippen molar-refractivity contribution < 1.29 is 9.47 Å². The standard InChI is InChI=1S/C25H25N3O4/c1-2-3-9-27-10-7-20-18(24(27)29)15-19-21(26-20)8-11-28(25(19)30)16-17-5-6-22-23(14-17)32-13-4-12-31-22/h5-8,10-11,14-15H,2-4,9,12-13,16H2,1H3. The lowest BCUT2D eigenvalue weighted by molar-refractivity contribution is 0.297. The number of aryl methyl sites for hydroxylation is 1. The van der Waals surface area contributed by atoms with Crippen LogP contribution in [0.15, 0.2) is 58.4 Å². The van der Waals surface area contributed by atoms with Crippen molar-refractivity contribution in [2.45, 2.75) is 39.3 Å². The summed E-state index contributed by atoms with van der Waals surface area (Å²) in [6.45, 7) is 4.39. The molecule has 1 aliphatic rings. The first kappa shape index (κ1) is 20.3. The molecule has 0 saturated heterocycles. The molecule has 0 radical (unpaired) electrons. The Morgan fingerprint density at radius 1 is 0.875 bits per heavy atom. The monoisotopic (exact) mass is 431 g/mol. The number of aromatic nitrogens is 3. The summed E-state index contributed by atoms with van der Waals surface area (Å²) in [5, 5.41) is 0.918. The molecule has 0 spiro atoms. The van der Waals surface area contributed by atoms with Gasteiger partial charge in [-0.15, -0.1) is 0 Å². The van der Waals surface area contributed by atoms with Crippen LogP contribution in [-0.4, -0.2) is 27.3 Å². The molecule has 7 heteroatoms. The van der Waals surface area contributed by atoms with Crippen LogP contribution in [0.5, 0.6) is 11.5 Å². The fourth-order valence-electron chi connectivity index (χ4n) is 4.04. The molecule has 164 valence electrons. The predicted octanol–water partition coefficient (Wildman–Crippen LogP) is 3.72. The van der Waals surface area contributed by atoms with E-state index >= 15 is 0 Å². The first-order valence-corrected chi connectivity index (χ1v) is 11.1. The summed E-state index contributed by atoms with van der Waals surface area (Å²) in [7, 11) is 0. The maximum absolute atomic E-state index is 13.2. The van der Waals surface area contributed by atoms with Gasteiger partial charge in [0, 0.05) is 25.4 Å². The number of hydrogen-bond donors (Lipinski definition) is 0. The summed E-state index contributed by atoms with van der Waals surface area (Å²) in [6, 6.07) is 11.1. The maximum atomic E-state index is 13.2. The number of ether oxygens (including phenoxy) is 2. The Hall–Kier alpha value is -3.61. The lowest BCUT2D eigenvalue weighted by atomic mass is 10.1. The van der Waals surface area contributed by atoms with Crippen molar-refractivity contribution >= 4 is 21.8 Å². The van der Waals surface area contributed by atoms with E-state index in [1.807, 2.05) is 30.3 Å². The second-order valence-corrected chi connectivity index (χ2v) is 8.10. The highest BCUT2D eigenvalue weighted by atomic mass is 16.5. The fourth-order valence-corrected chi connectivity index (χ4v) is 4.04. The fraction of sp³-hybridized carbons (Fsp3) is 0.320. The maximum Gasteiger partial charge on any atom is 0.260 e. The van der Waals surface area contributed by atoms with E-state index in [-0.39, 0.29) is 11.1 Å². The molecule has 0 saturated carbocycles. The minimum Gasteiger partial charge on any atom is -0.490 e. The van der Waals surface area contributed by atoms with Crippen LogP contribution in [0.2, 0.25) is 0 Å². The molecule has 0 N–H and O–H groups in total. The molecule has 0 unspecified atom stereocenters. The topological polar surface area (TPSA) is 75.3 Å². The van der Waals surface area contributed by atoms with Crippen LogP contribution in [0.1, 0.15) is 31.7 Å². The Kier molecular flexibility index (Phi) is 5.39. The van der Waals surface area contributed by atoms with Crippen LogP contribution in [0.4, 0.5) is 0 Å². The van der Waals surface area contributed by atoms with Crippen LogP contribution in [0, 0.1) is 0 Å². The summed E-state index contributed by atoms with van der Waals surface area (Å²) in [5.74, 6) is 1.43. The minimum atomic E-state index is -0.174. The van der Waals surface area contributed by atoms with E-state index in [0.717, 1.165) is 30.6 Å². The molecular formula is C25H25N3O4. The van der Waals surface area contributed by atoms with Gasteiger partial charge in [0.05, 0.1) is 41.6 Å². The van der Waals surface area contributed by atoms with Gasteiger partial charge < -0.3 is 18.6 Å². The Bertz CT molecular complexity index is 1420. The van der Waals surface area contributed by atoms with Crippen LogP contribution >= 0.6 is 0 Å². The smallest absolute Gasteiger partial charge is 0.260 e. The molecule has 4 heterocycles. The van der Waals surface area contributed by atoms with Crippen LogP contribution in [-0.2, 0) is 13.1 Å². The van der Waals surface area contributed by atoms with Crippen LogP contribution < -0.4 is 20.6 Å². The molecule has 3 aromatic heterocycles. The second kappa shape index (κ2) is 8.49. The Balaban J connectivity index is 1.54. The third-order valence-electron chi connectivity index (χ3n) is 5.81. The van der Waals surface area contributed by atoms with Crippen molar-refractivity contribution in [3.05, 3.63) is 75.1 Å². The van der Waals surface area contributed by atoms with Gasteiger partial charge in [0.15, 0.2) is 11.5 Å². The molecule has 0 atom stereocenters. The third-order valence-corrected chi connectivity index (χ3v) is 5.81. The zero-order valence-electron chi connectivity index (χ0n) is 18.0. The summed E-state index contributed by atoms with van der Waals surface area (Å²) in [6.07, 6.45) is 6.30. The zero-order valence-corrected chi connectivity index (χ0v) is 18.0. The minimum absolute atomic E-state index is 0.108. The lowest BCUT2D eigenvalue weighted by Gasteiger charge is -2.12. The van der Waals surface area contributed by atoms with Crippen molar-refractivity contribution in [3.8, 4) is 11.5 Å². The van der Waals surface area contributed by atoms with Gasteiger partial charge in [-0.3, -0.25) is 9.59 Å². The summed E-state index contributed by atoms with van der Waals surface area (Å²) >= 11 is 0. The van der Waals surface area contributed by atoms with E-state index in [4.69, 9.17) is 9.47 Å². The highest BCUT2D eigenvalue weighted by molar-refractivity contribution is 5.91. The van der Waals surface area contributed by atoms with Gasteiger partial charge in [-0.2, -0.15) is 0 Å². The Morgan fingerprint density at radius 3 is 2.31 bits per heavy atom. The zero-order chi connectivity index (χ0) is 22.1. The van der Waals surface area contributed by atoms with Gasteiger partial charge in [0.25, 0.3) is 11.1 Å². The number of unbranched alkanes of at least 4 members (excludes halogenated alkanes) is 1. The average molecular weight is 431 g/mol. The van der Waals surface area contributed by atoms with Crippen molar-refractivity contribution in [3.63, 3.8) is 0 Å². The van der Waals surface area contributed by atoms with Gasteiger partial charge in [0.1, 0.15) is 0 Å². The predicted molar refractivity (Wildman–Crippen MR) is 124 cm³/mol. The average Bonchev–Trinajstić information content (AvgIpc) is 3.05. The van der Waals surface area contributed by atoms with E-state index in [1.54, 1.807) is 27.6 Å². The highest BCUT2D eigenvalue weighted by Crippen LogP contribution is 2.30. The van der Waals surface area contributed by atoms with E-state index in [0.29, 0.717) is 53.9 Å². The molecule has 1 aromatic carbocycles. The molecule has 32 heavy (non-hydrogen) atoms. The molecule has 7 nitrogen and oxygen atoms in total. The number of rotatable bonds is 5. The van der Waals surface area contributed by atoms with E-state index in [1.165, 1.54) is 0 Å². The molecule has 0 aliphatic carbocycles. The molecule has 1 aliphatic heterocycles. The molecule has 4 aromatic rings. The second-order valence-electron chi connectivity index (χ2n) is 8.10. The lowest BCUT2D eigenvalue weighted by Crippen LogP contribution is -2.22. The SMILES string of the molecule is CCCCn1ccc2nc3ccn(Cc4ccc5c(c4)OCCCO5)c(=O)c3cc2c1=O. The van der Waals surface area contributed by atoms with Gasteiger partial charge >= 0.3 is 0 Å². The summed E-state index contributed by atoms with van der Waals surface area (Å²) in [4.78, 5) is 30.7. The molecule has 5 rings (SSSR count). The molecule has 0 bridgehead atoms. The molecule has 0 fully saturated rings. The van der Waals surface area contributed by atoms with Crippen LogP contribution in [0.25, 0.3) is 21.8 Å². The van der Waals surface area contributed by atoms with E-state index < -0.39 is 0 Å². The highest BCUT2D eigenvalue weighted by Gasteiger charge is 2.13. The van der Waals surface area contributed by atoms with E-state index in [9.17, 15) is 9.59 Å². The van der Waals surface area contributed by atoms with Crippen LogP contribution in [0.3, 0.4) is 0 Å². The largest absolute Gasteiger partial charge is 0.490 e. The molecule has 0 amide bonds. The van der Waals surface area contributed by atoms with Crippen molar-refractivity contribution in [1.82, 2.24) is 14.1 Å². The first-order chi connectivity index (χ1) is 15.6. The Morgan fingerprint density at radius 2 is 1.56 bits per heavy atom. The third kappa shape index (κ3) is 3.75. The quantitative estimate of drug-likeness (QED) is 0.450. The van der Waals surface area contributed by atoms with Gasteiger partial charge in [-0.25, -0.2) is 4.98 Å². The number of fused-ring (bicyclic) bond motifs is 3. The molecular weight excluding hydrogens is 406 g/mol. The normalized spacial score (nSPS) is 13.4. The number of pyridine rings is 3. The van der Waals surface area contributed by atoms with E-state index in [2.05, 4.69) is 11.9 Å².